The van der Waals surface area contributed by atoms with Gasteiger partial charge in [0.2, 0.25) is 0 Å². The van der Waals surface area contributed by atoms with Crippen molar-refractivity contribution in [3.05, 3.63) is 64.7 Å². The van der Waals surface area contributed by atoms with Crippen molar-refractivity contribution in [2.24, 2.45) is 0 Å². The SMILES string of the molecule is CCCNC(=O)c1ccccc1NC(=O)c1ccc(C)c(C)c1. The number of nitrogens with one attached hydrogen (secondary N) is 2. The Morgan fingerprint density at radius 3 is 2.39 bits per heavy atom. The quantitative estimate of drug-likeness (QED) is 0.884. The first-order valence-electron chi connectivity index (χ1n) is 7.78. The summed E-state index contributed by atoms with van der Waals surface area (Å²) in [5.74, 6) is -0.397. The van der Waals surface area contributed by atoms with Crippen LogP contribution in [0.25, 0.3) is 0 Å². The minimum atomic E-state index is -0.219. The van der Waals surface area contributed by atoms with Gasteiger partial charge in [-0.05, 0) is 55.7 Å². The third-order valence-electron chi connectivity index (χ3n) is 3.72. The Hall–Kier alpha value is -2.62. The zero-order valence-electron chi connectivity index (χ0n) is 13.8. The highest BCUT2D eigenvalue weighted by atomic mass is 16.2. The molecule has 2 rings (SSSR count). The maximum absolute atomic E-state index is 12.4. The molecule has 0 heterocycles. The van der Waals surface area contributed by atoms with Crippen LogP contribution < -0.4 is 10.6 Å². The molecule has 0 aliphatic heterocycles. The molecule has 2 aromatic rings. The summed E-state index contributed by atoms with van der Waals surface area (Å²) in [5.41, 5.74) is 3.77. The maximum atomic E-state index is 12.4. The Morgan fingerprint density at radius 2 is 1.70 bits per heavy atom. The van der Waals surface area contributed by atoms with Crippen molar-refractivity contribution in [2.75, 3.05) is 11.9 Å². The molecule has 0 saturated heterocycles. The number of rotatable bonds is 5. The lowest BCUT2D eigenvalue weighted by molar-refractivity contribution is 0.0954. The normalized spacial score (nSPS) is 10.2. The fourth-order valence-corrected chi connectivity index (χ4v) is 2.20. The molecule has 0 radical (unpaired) electrons. The molecule has 2 aromatic carbocycles. The molecule has 0 unspecified atom stereocenters. The largest absolute Gasteiger partial charge is 0.352 e. The predicted octanol–water partition coefficient (Wildman–Crippen LogP) is 3.70. The number of amides is 2. The van der Waals surface area contributed by atoms with Gasteiger partial charge in [-0.15, -0.1) is 0 Å². The van der Waals surface area contributed by atoms with E-state index in [1.54, 1.807) is 30.3 Å². The topological polar surface area (TPSA) is 58.2 Å². The predicted molar refractivity (Wildman–Crippen MR) is 92.9 cm³/mol. The monoisotopic (exact) mass is 310 g/mol. The van der Waals surface area contributed by atoms with Crippen LogP contribution in [0.4, 0.5) is 5.69 Å². The molecule has 0 atom stereocenters. The second-order valence-electron chi connectivity index (χ2n) is 5.55. The first-order chi connectivity index (χ1) is 11.0. The zero-order valence-corrected chi connectivity index (χ0v) is 13.8. The molecule has 0 aliphatic carbocycles. The average Bonchev–Trinajstić information content (AvgIpc) is 2.55. The summed E-state index contributed by atoms with van der Waals surface area (Å²) in [6.07, 6.45) is 0.864. The maximum Gasteiger partial charge on any atom is 0.255 e. The van der Waals surface area contributed by atoms with E-state index in [2.05, 4.69) is 10.6 Å². The van der Waals surface area contributed by atoms with E-state index >= 15 is 0 Å². The van der Waals surface area contributed by atoms with Gasteiger partial charge in [0.05, 0.1) is 11.3 Å². The lowest BCUT2D eigenvalue weighted by atomic mass is 10.1. The van der Waals surface area contributed by atoms with Crippen molar-refractivity contribution in [1.82, 2.24) is 5.32 Å². The summed E-state index contributed by atoms with van der Waals surface area (Å²) in [6.45, 7) is 6.58. The third kappa shape index (κ3) is 4.19. The van der Waals surface area contributed by atoms with Crippen LogP contribution in [-0.2, 0) is 0 Å². The van der Waals surface area contributed by atoms with Crippen LogP contribution in [0.1, 0.15) is 45.2 Å². The second-order valence-corrected chi connectivity index (χ2v) is 5.55. The Morgan fingerprint density at radius 1 is 0.957 bits per heavy atom. The molecule has 2 amide bonds. The molecule has 0 fully saturated rings. The van der Waals surface area contributed by atoms with Crippen molar-refractivity contribution in [1.29, 1.82) is 0 Å². The van der Waals surface area contributed by atoms with Crippen molar-refractivity contribution < 1.29 is 9.59 Å². The van der Waals surface area contributed by atoms with Crippen molar-refractivity contribution >= 4 is 17.5 Å². The Labute approximate surface area is 136 Å². The molecule has 0 saturated carbocycles. The molecule has 0 spiro atoms. The van der Waals surface area contributed by atoms with E-state index in [9.17, 15) is 9.59 Å². The Bertz CT molecular complexity index is 723. The van der Waals surface area contributed by atoms with Crippen LogP contribution in [0.15, 0.2) is 42.5 Å². The van der Waals surface area contributed by atoms with Crippen LogP contribution >= 0.6 is 0 Å². The number of hydrogen-bond donors (Lipinski definition) is 2. The van der Waals surface area contributed by atoms with Gasteiger partial charge < -0.3 is 10.6 Å². The molecular weight excluding hydrogens is 288 g/mol. The van der Waals surface area contributed by atoms with Gasteiger partial charge >= 0.3 is 0 Å². The molecule has 0 bridgehead atoms. The smallest absolute Gasteiger partial charge is 0.255 e. The average molecular weight is 310 g/mol. The van der Waals surface area contributed by atoms with Gasteiger partial charge in [0, 0.05) is 12.1 Å². The van der Waals surface area contributed by atoms with Crippen LogP contribution in [-0.4, -0.2) is 18.4 Å². The fourth-order valence-electron chi connectivity index (χ4n) is 2.20. The highest BCUT2D eigenvalue weighted by Gasteiger charge is 2.13. The van der Waals surface area contributed by atoms with Crippen LogP contribution in [0.5, 0.6) is 0 Å². The molecule has 0 aromatic heterocycles. The molecule has 2 N–H and O–H groups in total. The fraction of sp³-hybridized carbons (Fsp3) is 0.263. The molecule has 23 heavy (non-hydrogen) atoms. The van der Waals surface area contributed by atoms with Crippen molar-refractivity contribution in [3.63, 3.8) is 0 Å². The number of anilines is 1. The molecular formula is C19H22N2O2. The lowest BCUT2D eigenvalue weighted by Gasteiger charge is -2.12. The summed E-state index contributed by atoms with van der Waals surface area (Å²) >= 11 is 0. The highest BCUT2D eigenvalue weighted by Crippen LogP contribution is 2.17. The van der Waals surface area contributed by atoms with E-state index in [-0.39, 0.29) is 11.8 Å². The summed E-state index contributed by atoms with van der Waals surface area (Å²) in [4.78, 5) is 24.6. The summed E-state index contributed by atoms with van der Waals surface area (Å²) in [5, 5.41) is 5.66. The van der Waals surface area contributed by atoms with Gasteiger partial charge in [0.25, 0.3) is 11.8 Å². The van der Waals surface area contributed by atoms with Crippen molar-refractivity contribution in [3.8, 4) is 0 Å². The van der Waals surface area contributed by atoms with Gasteiger partial charge in [-0.2, -0.15) is 0 Å². The van der Waals surface area contributed by atoms with Crippen LogP contribution in [0.3, 0.4) is 0 Å². The van der Waals surface area contributed by atoms with Gasteiger partial charge in [0.1, 0.15) is 0 Å². The van der Waals surface area contributed by atoms with E-state index in [1.807, 2.05) is 32.9 Å². The number of benzene rings is 2. The number of carbonyl (C=O) groups excluding carboxylic acids is 2. The lowest BCUT2D eigenvalue weighted by Crippen LogP contribution is -2.25. The minimum Gasteiger partial charge on any atom is -0.352 e. The number of aryl methyl sites for hydroxylation is 2. The Kier molecular flexibility index (Phi) is 5.52. The van der Waals surface area contributed by atoms with E-state index in [0.29, 0.717) is 23.4 Å². The van der Waals surface area contributed by atoms with Crippen molar-refractivity contribution in [2.45, 2.75) is 27.2 Å². The van der Waals surface area contributed by atoms with Gasteiger partial charge in [0.15, 0.2) is 0 Å². The second kappa shape index (κ2) is 7.58. The number of carbonyl (C=O) groups is 2. The van der Waals surface area contributed by atoms with Crippen LogP contribution in [0, 0.1) is 13.8 Å². The molecule has 4 heteroatoms. The Balaban J connectivity index is 2.20. The van der Waals surface area contributed by atoms with Gasteiger partial charge in [-0.1, -0.05) is 25.1 Å². The zero-order chi connectivity index (χ0) is 16.8. The summed E-state index contributed by atoms with van der Waals surface area (Å²) < 4.78 is 0. The van der Waals surface area contributed by atoms with Gasteiger partial charge in [-0.3, -0.25) is 9.59 Å². The van der Waals surface area contributed by atoms with Gasteiger partial charge in [-0.25, -0.2) is 0 Å². The number of hydrogen-bond acceptors (Lipinski definition) is 2. The van der Waals surface area contributed by atoms with E-state index in [0.717, 1.165) is 17.5 Å². The minimum absolute atomic E-state index is 0.178. The van der Waals surface area contributed by atoms with E-state index < -0.39 is 0 Å². The first kappa shape index (κ1) is 16.7. The van der Waals surface area contributed by atoms with E-state index in [1.165, 1.54) is 0 Å². The molecule has 4 nitrogen and oxygen atoms in total. The third-order valence-corrected chi connectivity index (χ3v) is 3.72. The van der Waals surface area contributed by atoms with E-state index in [4.69, 9.17) is 0 Å². The standard InChI is InChI=1S/C19H22N2O2/c1-4-11-20-19(23)16-7-5-6-8-17(16)21-18(22)15-10-9-13(2)14(3)12-15/h5-10,12H,4,11H2,1-3H3,(H,20,23)(H,21,22). The highest BCUT2D eigenvalue weighted by molar-refractivity contribution is 6.09. The summed E-state index contributed by atoms with van der Waals surface area (Å²) in [6, 6.07) is 12.6. The molecule has 0 aliphatic rings. The van der Waals surface area contributed by atoms with Crippen LogP contribution in [0.2, 0.25) is 0 Å². The summed E-state index contributed by atoms with van der Waals surface area (Å²) in [7, 11) is 0. The molecule has 120 valence electrons. The first-order valence-corrected chi connectivity index (χ1v) is 7.78. The number of para-hydroxylation sites is 1.